The molecule has 0 aliphatic heterocycles. The maximum atomic E-state index is 11.7. The lowest BCUT2D eigenvalue weighted by Crippen LogP contribution is -2.13. The minimum absolute atomic E-state index is 0.0466. The third kappa shape index (κ3) is 3.78. The van der Waals surface area contributed by atoms with Gasteiger partial charge in [0.25, 0.3) is 5.88 Å². The molecule has 1 rings (SSSR count). The Morgan fingerprint density at radius 1 is 1.29 bits per heavy atom. The Labute approximate surface area is 82.9 Å². The van der Waals surface area contributed by atoms with Gasteiger partial charge in [0.15, 0.2) is 5.15 Å². The van der Waals surface area contributed by atoms with E-state index in [2.05, 4.69) is 14.7 Å². The molecule has 0 saturated heterocycles. The molecule has 0 bridgehead atoms. The number of rotatable bonds is 3. The summed E-state index contributed by atoms with van der Waals surface area (Å²) in [6.07, 6.45) is -2.68. The quantitative estimate of drug-likeness (QED) is 0.794. The van der Waals surface area contributed by atoms with Gasteiger partial charge in [0.05, 0.1) is 13.0 Å². The van der Waals surface area contributed by atoms with Gasteiger partial charge in [-0.15, -0.1) is 0 Å². The van der Waals surface area contributed by atoms with E-state index in [4.69, 9.17) is 11.6 Å². The van der Waals surface area contributed by atoms with Crippen molar-refractivity contribution in [2.75, 3.05) is 6.61 Å². The van der Waals surface area contributed by atoms with Crippen LogP contribution in [0.1, 0.15) is 6.42 Å². The Bertz CT molecular complexity index is 305. The molecule has 0 aliphatic carbocycles. The van der Waals surface area contributed by atoms with Gasteiger partial charge in [0.2, 0.25) is 0 Å². The van der Waals surface area contributed by atoms with Crippen LogP contribution in [0.3, 0.4) is 0 Å². The number of alkyl halides is 3. The highest BCUT2D eigenvalue weighted by Gasteiger charge is 2.27. The summed E-state index contributed by atoms with van der Waals surface area (Å²) in [4.78, 5) is 7.20. The highest BCUT2D eigenvalue weighted by atomic mass is 35.5. The standard InChI is InChI=1S/C7H6ClF3N2O/c8-5-6(13-3-2-12-5)14-4-1-7(9,10)11/h2-3H,1,4H2. The number of aromatic nitrogens is 2. The van der Waals surface area contributed by atoms with Crippen LogP contribution in [-0.4, -0.2) is 22.8 Å². The third-order valence-corrected chi connectivity index (χ3v) is 1.51. The highest BCUT2D eigenvalue weighted by Crippen LogP contribution is 2.21. The summed E-state index contributed by atoms with van der Waals surface area (Å²) in [5.74, 6) is -0.0848. The summed E-state index contributed by atoms with van der Waals surface area (Å²) in [6, 6.07) is 0. The fraction of sp³-hybridized carbons (Fsp3) is 0.429. The Kier molecular flexibility index (Phi) is 3.51. The van der Waals surface area contributed by atoms with Gasteiger partial charge in [-0.25, -0.2) is 9.97 Å². The van der Waals surface area contributed by atoms with Gasteiger partial charge >= 0.3 is 6.18 Å². The maximum absolute atomic E-state index is 11.7. The van der Waals surface area contributed by atoms with Crippen molar-refractivity contribution >= 4 is 11.6 Å². The Morgan fingerprint density at radius 3 is 2.50 bits per heavy atom. The van der Waals surface area contributed by atoms with E-state index in [1.807, 2.05) is 0 Å². The smallest absolute Gasteiger partial charge is 0.392 e. The summed E-state index contributed by atoms with van der Waals surface area (Å²) in [7, 11) is 0. The van der Waals surface area contributed by atoms with Gasteiger partial charge in [0.1, 0.15) is 0 Å². The zero-order valence-electron chi connectivity index (χ0n) is 6.88. The fourth-order valence-electron chi connectivity index (χ4n) is 0.669. The topological polar surface area (TPSA) is 35.0 Å². The molecule has 78 valence electrons. The van der Waals surface area contributed by atoms with Crippen LogP contribution in [-0.2, 0) is 0 Å². The van der Waals surface area contributed by atoms with Crippen LogP contribution in [0.2, 0.25) is 5.15 Å². The largest absolute Gasteiger partial charge is 0.475 e. The van der Waals surface area contributed by atoms with Crippen molar-refractivity contribution in [1.29, 1.82) is 0 Å². The van der Waals surface area contributed by atoms with Gasteiger partial charge < -0.3 is 4.74 Å². The Hall–Kier alpha value is -1.04. The summed E-state index contributed by atoms with van der Waals surface area (Å²) < 4.78 is 39.8. The van der Waals surface area contributed by atoms with Gasteiger partial charge in [-0.2, -0.15) is 13.2 Å². The van der Waals surface area contributed by atoms with E-state index in [0.29, 0.717) is 0 Å². The first-order valence-corrected chi connectivity index (χ1v) is 4.03. The summed E-state index contributed by atoms with van der Waals surface area (Å²) in [5.41, 5.74) is 0. The molecule has 14 heavy (non-hydrogen) atoms. The van der Waals surface area contributed by atoms with Crippen LogP contribution in [0.25, 0.3) is 0 Å². The second-order valence-corrected chi connectivity index (χ2v) is 2.72. The number of hydrogen-bond acceptors (Lipinski definition) is 3. The van der Waals surface area contributed by atoms with Crippen molar-refractivity contribution in [2.24, 2.45) is 0 Å². The van der Waals surface area contributed by atoms with Crippen LogP contribution in [0, 0.1) is 0 Å². The van der Waals surface area contributed by atoms with Crippen molar-refractivity contribution in [2.45, 2.75) is 12.6 Å². The second kappa shape index (κ2) is 4.45. The predicted molar refractivity (Wildman–Crippen MR) is 43.2 cm³/mol. The van der Waals surface area contributed by atoms with E-state index in [1.165, 1.54) is 12.4 Å². The van der Waals surface area contributed by atoms with Gasteiger partial charge in [-0.05, 0) is 0 Å². The first kappa shape index (κ1) is 11.0. The molecule has 1 aromatic heterocycles. The van der Waals surface area contributed by atoms with Gasteiger partial charge in [-0.1, -0.05) is 11.6 Å². The molecule has 0 fully saturated rings. The van der Waals surface area contributed by atoms with Crippen molar-refractivity contribution in [3.05, 3.63) is 17.5 Å². The molecule has 0 radical (unpaired) electrons. The number of ether oxygens (including phenoxy) is 1. The lowest BCUT2D eigenvalue weighted by molar-refractivity contribution is -0.139. The summed E-state index contributed by atoms with van der Waals surface area (Å²) in [6.45, 7) is -0.512. The highest BCUT2D eigenvalue weighted by molar-refractivity contribution is 6.30. The van der Waals surface area contributed by atoms with E-state index < -0.39 is 19.2 Å². The number of hydrogen-bond donors (Lipinski definition) is 0. The monoisotopic (exact) mass is 226 g/mol. The molecule has 0 unspecified atom stereocenters. The molecule has 3 nitrogen and oxygen atoms in total. The normalized spacial score (nSPS) is 11.4. The molecule has 0 spiro atoms. The zero-order chi connectivity index (χ0) is 10.6. The molecule has 1 aromatic rings. The number of halogens is 4. The lowest BCUT2D eigenvalue weighted by Gasteiger charge is -2.07. The fourth-order valence-corrected chi connectivity index (χ4v) is 0.828. The Morgan fingerprint density at radius 2 is 1.93 bits per heavy atom. The van der Waals surface area contributed by atoms with Crippen LogP contribution < -0.4 is 4.74 Å². The van der Waals surface area contributed by atoms with Gasteiger partial charge in [-0.3, -0.25) is 0 Å². The average molecular weight is 227 g/mol. The summed E-state index contributed by atoms with van der Waals surface area (Å²) >= 11 is 5.49. The van der Waals surface area contributed by atoms with Crippen LogP contribution in [0.5, 0.6) is 5.88 Å². The molecule has 0 aliphatic rings. The minimum Gasteiger partial charge on any atom is -0.475 e. The zero-order valence-corrected chi connectivity index (χ0v) is 7.64. The molecular weight excluding hydrogens is 221 g/mol. The van der Waals surface area contributed by atoms with E-state index in [9.17, 15) is 13.2 Å². The predicted octanol–water partition coefficient (Wildman–Crippen LogP) is 2.46. The number of nitrogens with zero attached hydrogens (tertiary/aromatic N) is 2. The van der Waals surface area contributed by atoms with Crippen LogP contribution >= 0.6 is 11.6 Å². The molecular formula is C7H6ClF3N2O. The van der Waals surface area contributed by atoms with Crippen molar-refractivity contribution in [1.82, 2.24) is 9.97 Å². The lowest BCUT2D eigenvalue weighted by atomic mass is 10.4. The van der Waals surface area contributed by atoms with E-state index in [1.54, 1.807) is 0 Å². The summed E-state index contributed by atoms with van der Waals surface area (Å²) in [5, 5.41) is -0.0466. The van der Waals surface area contributed by atoms with Crippen molar-refractivity contribution in [3.8, 4) is 5.88 Å². The SMILES string of the molecule is FC(F)(F)CCOc1nccnc1Cl. The van der Waals surface area contributed by atoms with Crippen LogP contribution in [0.15, 0.2) is 12.4 Å². The third-order valence-electron chi connectivity index (χ3n) is 1.25. The first-order valence-electron chi connectivity index (χ1n) is 3.65. The Balaban J connectivity index is 2.43. The second-order valence-electron chi connectivity index (χ2n) is 2.37. The van der Waals surface area contributed by atoms with Gasteiger partial charge in [0, 0.05) is 12.4 Å². The molecule has 0 N–H and O–H groups in total. The van der Waals surface area contributed by atoms with Crippen molar-refractivity contribution < 1.29 is 17.9 Å². The average Bonchev–Trinajstić information content (AvgIpc) is 2.06. The molecule has 0 atom stereocenters. The van der Waals surface area contributed by atoms with Crippen LogP contribution in [0.4, 0.5) is 13.2 Å². The first-order chi connectivity index (χ1) is 6.49. The van der Waals surface area contributed by atoms with E-state index >= 15 is 0 Å². The molecule has 7 heteroatoms. The molecule has 1 heterocycles. The maximum Gasteiger partial charge on any atom is 0.392 e. The van der Waals surface area contributed by atoms with Crippen molar-refractivity contribution in [3.63, 3.8) is 0 Å². The van der Waals surface area contributed by atoms with E-state index in [0.717, 1.165) is 0 Å². The molecule has 0 aromatic carbocycles. The van der Waals surface area contributed by atoms with E-state index in [-0.39, 0.29) is 11.0 Å². The minimum atomic E-state index is -4.24. The molecule has 0 saturated carbocycles. The molecule has 0 amide bonds.